The molecule has 0 saturated heterocycles. The van der Waals surface area contributed by atoms with Gasteiger partial charge in [0.1, 0.15) is 0 Å². The molecule has 2 rings (SSSR count). The highest BCUT2D eigenvalue weighted by molar-refractivity contribution is 5.13. The monoisotopic (exact) mass is 178 g/mol. The van der Waals surface area contributed by atoms with E-state index in [-0.39, 0.29) is 0 Å². The first-order chi connectivity index (χ1) is 6.11. The van der Waals surface area contributed by atoms with E-state index in [1.807, 2.05) is 17.9 Å². The zero-order valence-corrected chi connectivity index (χ0v) is 8.75. The van der Waals surface area contributed by atoms with E-state index >= 15 is 0 Å². The van der Waals surface area contributed by atoms with Crippen molar-refractivity contribution in [2.45, 2.75) is 39.0 Å². The minimum atomic E-state index is 0.466. The predicted molar refractivity (Wildman–Crippen MR) is 53.6 cm³/mol. The lowest BCUT2D eigenvalue weighted by molar-refractivity contribution is 0.320. The number of aromatic nitrogens is 2. The topological polar surface area (TPSA) is 17.8 Å². The molecule has 1 unspecified atom stereocenters. The lowest BCUT2D eigenvalue weighted by Crippen LogP contribution is -2.18. The highest BCUT2D eigenvalue weighted by atomic mass is 15.3. The number of hydrogen-bond acceptors (Lipinski definition) is 1. The molecule has 1 aromatic rings. The highest BCUT2D eigenvalue weighted by Crippen LogP contribution is 2.48. The highest BCUT2D eigenvalue weighted by Gasteiger charge is 2.36. The summed E-state index contributed by atoms with van der Waals surface area (Å²) < 4.78 is 2.03. The second kappa shape index (κ2) is 2.86. The van der Waals surface area contributed by atoms with E-state index in [1.165, 1.54) is 25.0 Å². The van der Waals surface area contributed by atoms with Gasteiger partial charge in [0, 0.05) is 24.9 Å². The maximum absolute atomic E-state index is 4.24. The summed E-state index contributed by atoms with van der Waals surface area (Å²) in [6.45, 7) is 4.75. The van der Waals surface area contributed by atoms with Crippen LogP contribution in [0.2, 0.25) is 0 Å². The van der Waals surface area contributed by atoms with Gasteiger partial charge in [0.25, 0.3) is 0 Å². The van der Waals surface area contributed by atoms with Crippen molar-refractivity contribution in [3.05, 3.63) is 18.0 Å². The average molecular weight is 178 g/mol. The predicted octanol–water partition coefficient (Wildman–Crippen LogP) is 2.71. The Morgan fingerprint density at radius 2 is 2.31 bits per heavy atom. The van der Waals surface area contributed by atoms with Crippen LogP contribution in [0.25, 0.3) is 0 Å². The minimum Gasteiger partial charge on any atom is -0.272 e. The second-order valence-electron chi connectivity index (χ2n) is 4.81. The molecule has 0 spiro atoms. The fourth-order valence-electron chi connectivity index (χ4n) is 2.60. The van der Waals surface area contributed by atoms with Gasteiger partial charge in [-0.05, 0) is 24.3 Å². The zero-order chi connectivity index (χ0) is 9.47. The van der Waals surface area contributed by atoms with Gasteiger partial charge in [-0.3, -0.25) is 4.68 Å². The van der Waals surface area contributed by atoms with Crippen LogP contribution in [0.4, 0.5) is 0 Å². The third kappa shape index (κ3) is 1.38. The molecular weight excluding hydrogens is 160 g/mol. The number of hydrogen-bond donors (Lipinski definition) is 0. The van der Waals surface area contributed by atoms with Crippen LogP contribution < -0.4 is 0 Å². The van der Waals surface area contributed by atoms with E-state index < -0.39 is 0 Å². The van der Waals surface area contributed by atoms with Crippen molar-refractivity contribution in [2.75, 3.05) is 0 Å². The van der Waals surface area contributed by atoms with Crippen molar-refractivity contribution in [1.82, 2.24) is 9.78 Å². The Kier molecular flexibility index (Phi) is 1.94. The van der Waals surface area contributed by atoms with Crippen LogP contribution in [-0.2, 0) is 7.05 Å². The molecule has 2 nitrogen and oxygen atoms in total. The van der Waals surface area contributed by atoms with E-state index in [0.717, 1.165) is 0 Å². The first kappa shape index (κ1) is 8.79. The van der Waals surface area contributed by atoms with Crippen LogP contribution in [0.5, 0.6) is 0 Å². The molecule has 1 fully saturated rings. The van der Waals surface area contributed by atoms with Gasteiger partial charge < -0.3 is 0 Å². The summed E-state index contributed by atoms with van der Waals surface area (Å²) in [5.74, 6) is 0.708. The normalized spacial score (nSPS) is 26.5. The molecule has 0 bridgehead atoms. The summed E-state index contributed by atoms with van der Waals surface area (Å²) in [6.07, 6.45) is 5.95. The standard InChI is InChI=1S/C11H18N2/c1-11(2)7-4-5-9(11)10-6-8-12-13(10)3/h6,8-9H,4-5,7H2,1-3H3. The van der Waals surface area contributed by atoms with Crippen molar-refractivity contribution >= 4 is 0 Å². The molecule has 2 heteroatoms. The molecule has 1 heterocycles. The quantitative estimate of drug-likeness (QED) is 0.646. The van der Waals surface area contributed by atoms with Gasteiger partial charge in [-0.25, -0.2) is 0 Å². The molecule has 1 aliphatic carbocycles. The molecule has 1 atom stereocenters. The average Bonchev–Trinajstić information content (AvgIpc) is 2.56. The number of nitrogens with zero attached hydrogens (tertiary/aromatic N) is 2. The van der Waals surface area contributed by atoms with Gasteiger partial charge in [-0.15, -0.1) is 0 Å². The second-order valence-corrected chi connectivity index (χ2v) is 4.81. The van der Waals surface area contributed by atoms with Crippen LogP contribution in [-0.4, -0.2) is 9.78 Å². The minimum absolute atomic E-state index is 0.466. The van der Waals surface area contributed by atoms with E-state index in [1.54, 1.807) is 0 Å². The Hall–Kier alpha value is -0.790. The Morgan fingerprint density at radius 3 is 2.77 bits per heavy atom. The molecular formula is C11H18N2. The van der Waals surface area contributed by atoms with Crippen molar-refractivity contribution < 1.29 is 0 Å². The first-order valence-electron chi connectivity index (χ1n) is 5.09. The Bertz CT molecular complexity index is 299. The molecule has 13 heavy (non-hydrogen) atoms. The van der Waals surface area contributed by atoms with Crippen LogP contribution in [0.3, 0.4) is 0 Å². The van der Waals surface area contributed by atoms with E-state index in [0.29, 0.717) is 11.3 Å². The maximum atomic E-state index is 4.24. The van der Waals surface area contributed by atoms with Crippen molar-refractivity contribution in [3.63, 3.8) is 0 Å². The smallest absolute Gasteiger partial charge is 0.0492 e. The summed E-state index contributed by atoms with van der Waals surface area (Å²) >= 11 is 0. The largest absolute Gasteiger partial charge is 0.272 e. The fraction of sp³-hybridized carbons (Fsp3) is 0.727. The molecule has 1 saturated carbocycles. The summed E-state index contributed by atoms with van der Waals surface area (Å²) in [6, 6.07) is 2.16. The van der Waals surface area contributed by atoms with Gasteiger partial charge in [-0.1, -0.05) is 20.3 Å². The fourth-order valence-corrected chi connectivity index (χ4v) is 2.60. The van der Waals surface area contributed by atoms with Crippen LogP contribution in [0.15, 0.2) is 12.3 Å². The summed E-state index contributed by atoms with van der Waals surface area (Å²) in [7, 11) is 2.05. The molecule has 0 amide bonds. The number of rotatable bonds is 1. The Labute approximate surface area is 80.0 Å². The van der Waals surface area contributed by atoms with E-state index in [4.69, 9.17) is 0 Å². The van der Waals surface area contributed by atoms with Crippen LogP contribution in [0.1, 0.15) is 44.7 Å². The van der Waals surface area contributed by atoms with Crippen molar-refractivity contribution in [1.29, 1.82) is 0 Å². The summed E-state index contributed by atoms with van der Waals surface area (Å²) in [5, 5.41) is 4.24. The summed E-state index contributed by atoms with van der Waals surface area (Å²) in [4.78, 5) is 0. The van der Waals surface area contributed by atoms with E-state index in [2.05, 4.69) is 25.0 Å². The first-order valence-corrected chi connectivity index (χ1v) is 5.09. The lowest BCUT2D eigenvalue weighted by atomic mass is 9.80. The van der Waals surface area contributed by atoms with E-state index in [9.17, 15) is 0 Å². The Balaban J connectivity index is 2.31. The molecule has 0 radical (unpaired) electrons. The molecule has 1 aromatic heterocycles. The SMILES string of the molecule is Cn1nccc1C1CCCC1(C)C. The van der Waals surface area contributed by atoms with Crippen LogP contribution >= 0.6 is 0 Å². The maximum Gasteiger partial charge on any atom is 0.0492 e. The number of aryl methyl sites for hydroxylation is 1. The van der Waals surface area contributed by atoms with Gasteiger partial charge in [0.05, 0.1) is 0 Å². The van der Waals surface area contributed by atoms with Crippen molar-refractivity contribution in [3.8, 4) is 0 Å². The van der Waals surface area contributed by atoms with Gasteiger partial charge in [-0.2, -0.15) is 5.10 Å². The molecule has 1 aliphatic rings. The third-order valence-electron chi connectivity index (χ3n) is 3.47. The van der Waals surface area contributed by atoms with Crippen molar-refractivity contribution in [2.24, 2.45) is 12.5 Å². The van der Waals surface area contributed by atoms with Gasteiger partial charge in [0.2, 0.25) is 0 Å². The zero-order valence-electron chi connectivity index (χ0n) is 8.75. The van der Waals surface area contributed by atoms with Gasteiger partial charge in [0.15, 0.2) is 0 Å². The third-order valence-corrected chi connectivity index (χ3v) is 3.47. The molecule has 0 aliphatic heterocycles. The Morgan fingerprint density at radius 1 is 1.54 bits per heavy atom. The lowest BCUT2D eigenvalue weighted by Gasteiger charge is -2.26. The molecule has 72 valence electrons. The molecule has 0 aromatic carbocycles. The molecule has 0 N–H and O–H groups in total. The summed E-state index contributed by atoms with van der Waals surface area (Å²) in [5.41, 5.74) is 1.87. The van der Waals surface area contributed by atoms with Crippen LogP contribution in [0, 0.1) is 5.41 Å². The van der Waals surface area contributed by atoms with Gasteiger partial charge >= 0.3 is 0 Å².